The van der Waals surface area contributed by atoms with Crippen molar-refractivity contribution in [2.24, 2.45) is 0 Å². The van der Waals surface area contributed by atoms with Crippen LogP contribution in [0.3, 0.4) is 0 Å². The lowest BCUT2D eigenvalue weighted by atomic mass is 9.80. The number of aryl methyl sites for hydroxylation is 1. The van der Waals surface area contributed by atoms with Gasteiger partial charge in [0.1, 0.15) is 0 Å². The SMILES string of the molecule is C=C/C=C\c1c(C)c2c3c(c4ccccc4c2n1C1=CC=CCC1)C1CCCCC1N3. The van der Waals surface area contributed by atoms with Gasteiger partial charge in [0.05, 0.1) is 5.52 Å². The number of fused-ring (bicyclic) bond motifs is 8. The van der Waals surface area contributed by atoms with Crippen LogP contribution < -0.4 is 5.32 Å². The second-order valence-corrected chi connectivity index (χ2v) is 9.26. The van der Waals surface area contributed by atoms with E-state index in [2.05, 4.69) is 78.0 Å². The molecule has 6 rings (SSSR count). The fraction of sp³-hybridized carbons (Fsp3) is 0.310. The molecule has 0 saturated heterocycles. The second-order valence-electron chi connectivity index (χ2n) is 9.26. The van der Waals surface area contributed by atoms with Crippen molar-refractivity contribution in [3.63, 3.8) is 0 Å². The monoisotopic (exact) mass is 406 g/mol. The molecule has 31 heavy (non-hydrogen) atoms. The quantitative estimate of drug-likeness (QED) is 0.437. The van der Waals surface area contributed by atoms with Crippen molar-refractivity contribution >= 4 is 39.1 Å². The molecule has 2 atom stereocenters. The molecule has 1 aliphatic heterocycles. The van der Waals surface area contributed by atoms with Gasteiger partial charge in [-0.05, 0) is 61.3 Å². The first-order chi connectivity index (χ1) is 15.3. The summed E-state index contributed by atoms with van der Waals surface area (Å²) in [5, 5.41) is 8.27. The molecule has 1 fully saturated rings. The summed E-state index contributed by atoms with van der Waals surface area (Å²) in [6.07, 6.45) is 20.4. The maximum Gasteiger partial charge on any atom is 0.0633 e. The highest BCUT2D eigenvalue weighted by Gasteiger charge is 2.38. The van der Waals surface area contributed by atoms with Crippen LogP contribution in [0.4, 0.5) is 5.69 Å². The molecule has 0 spiro atoms. The lowest BCUT2D eigenvalue weighted by Gasteiger charge is -2.25. The van der Waals surface area contributed by atoms with Crippen molar-refractivity contribution in [2.45, 2.75) is 57.4 Å². The van der Waals surface area contributed by atoms with E-state index in [9.17, 15) is 0 Å². The third-order valence-electron chi connectivity index (χ3n) is 7.59. The minimum absolute atomic E-state index is 0.588. The highest BCUT2D eigenvalue weighted by Crippen LogP contribution is 2.52. The average Bonchev–Trinajstić information content (AvgIpc) is 3.34. The van der Waals surface area contributed by atoms with Crippen molar-refractivity contribution in [1.29, 1.82) is 0 Å². The number of hydrogen-bond donors (Lipinski definition) is 1. The summed E-state index contributed by atoms with van der Waals surface area (Å²) < 4.78 is 2.53. The summed E-state index contributed by atoms with van der Waals surface area (Å²) in [7, 11) is 0. The Bertz CT molecular complexity index is 1300. The Kier molecular flexibility index (Phi) is 4.41. The summed E-state index contributed by atoms with van der Waals surface area (Å²) in [5.74, 6) is 0.643. The predicted octanol–water partition coefficient (Wildman–Crippen LogP) is 7.94. The lowest BCUT2D eigenvalue weighted by Crippen LogP contribution is -2.23. The summed E-state index contributed by atoms with van der Waals surface area (Å²) in [4.78, 5) is 0. The summed E-state index contributed by atoms with van der Waals surface area (Å²) in [6.45, 7) is 6.23. The van der Waals surface area contributed by atoms with E-state index in [1.165, 1.54) is 70.0 Å². The normalized spacial score (nSPS) is 22.5. The van der Waals surface area contributed by atoms with Gasteiger partial charge in [0.2, 0.25) is 0 Å². The second kappa shape index (κ2) is 7.30. The molecule has 156 valence electrons. The van der Waals surface area contributed by atoms with Gasteiger partial charge in [-0.25, -0.2) is 0 Å². The first kappa shape index (κ1) is 18.7. The zero-order valence-corrected chi connectivity index (χ0v) is 18.3. The van der Waals surface area contributed by atoms with Gasteiger partial charge < -0.3 is 9.88 Å². The molecule has 0 bridgehead atoms. The molecule has 0 radical (unpaired) electrons. The van der Waals surface area contributed by atoms with Gasteiger partial charge in [-0.2, -0.15) is 0 Å². The molecule has 2 heterocycles. The molecule has 0 amide bonds. The molecule has 3 aliphatic rings. The van der Waals surface area contributed by atoms with Crippen molar-refractivity contribution in [2.75, 3.05) is 5.32 Å². The first-order valence-corrected chi connectivity index (χ1v) is 11.8. The molecule has 2 nitrogen and oxygen atoms in total. The maximum atomic E-state index is 4.02. The third-order valence-corrected chi connectivity index (χ3v) is 7.59. The van der Waals surface area contributed by atoms with Gasteiger partial charge in [0, 0.05) is 39.8 Å². The van der Waals surface area contributed by atoms with Crippen molar-refractivity contribution in [1.82, 2.24) is 4.57 Å². The Morgan fingerprint density at radius 1 is 1.13 bits per heavy atom. The van der Waals surface area contributed by atoms with Gasteiger partial charge >= 0.3 is 0 Å². The fourth-order valence-corrected chi connectivity index (χ4v) is 6.26. The van der Waals surface area contributed by atoms with Crippen molar-refractivity contribution < 1.29 is 0 Å². The van der Waals surface area contributed by atoms with Gasteiger partial charge in [-0.1, -0.05) is 68.0 Å². The van der Waals surface area contributed by atoms with Gasteiger partial charge in [0.25, 0.3) is 0 Å². The van der Waals surface area contributed by atoms with E-state index in [0.29, 0.717) is 12.0 Å². The van der Waals surface area contributed by atoms with E-state index >= 15 is 0 Å². The lowest BCUT2D eigenvalue weighted by molar-refractivity contribution is 0.423. The number of benzene rings is 2. The van der Waals surface area contributed by atoms with Gasteiger partial charge in [0.15, 0.2) is 0 Å². The van der Waals surface area contributed by atoms with E-state index in [4.69, 9.17) is 0 Å². The topological polar surface area (TPSA) is 17.0 Å². The maximum absolute atomic E-state index is 4.02. The smallest absolute Gasteiger partial charge is 0.0633 e. The summed E-state index contributed by atoms with van der Waals surface area (Å²) in [6, 6.07) is 9.70. The van der Waals surface area contributed by atoms with E-state index in [0.717, 1.165) is 12.8 Å². The van der Waals surface area contributed by atoms with Crippen LogP contribution in [0, 0.1) is 6.92 Å². The number of aromatic nitrogens is 1. The average molecular weight is 407 g/mol. The van der Waals surface area contributed by atoms with Crippen LogP contribution in [0.15, 0.2) is 61.2 Å². The molecule has 3 aromatic rings. The minimum Gasteiger partial charge on any atom is -0.381 e. The van der Waals surface area contributed by atoms with Gasteiger partial charge in [-0.3, -0.25) is 0 Å². The number of hydrogen-bond acceptors (Lipinski definition) is 1. The van der Waals surface area contributed by atoms with Crippen LogP contribution >= 0.6 is 0 Å². The van der Waals surface area contributed by atoms with Crippen LogP contribution in [0.1, 0.15) is 61.3 Å². The van der Waals surface area contributed by atoms with E-state index in [1.807, 2.05) is 6.08 Å². The van der Waals surface area contributed by atoms with Crippen LogP contribution in [0.2, 0.25) is 0 Å². The Morgan fingerprint density at radius 3 is 2.77 bits per heavy atom. The van der Waals surface area contributed by atoms with Crippen LogP contribution in [-0.2, 0) is 0 Å². The highest BCUT2D eigenvalue weighted by molar-refractivity contribution is 6.18. The number of allylic oxidation sites excluding steroid dienone is 6. The molecule has 1 N–H and O–H groups in total. The number of rotatable bonds is 3. The van der Waals surface area contributed by atoms with E-state index in [1.54, 1.807) is 5.56 Å². The molecule has 2 heteroatoms. The Morgan fingerprint density at radius 2 is 1.97 bits per heavy atom. The Balaban J connectivity index is 1.78. The van der Waals surface area contributed by atoms with Crippen molar-refractivity contribution in [3.8, 4) is 0 Å². The van der Waals surface area contributed by atoms with Crippen molar-refractivity contribution in [3.05, 3.63) is 78.0 Å². The molecular weight excluding hydrogens is 376 g/mol. The molecule has 2 aromatic carbocycles. The zero-order valence-electron chi connectivity index (χ0n) is 18.3. The number of nitrogens with zero attached hydrogens (tertiary/aromatic N) is 1. The molecule has 2 unspecified atom stereocenters. The number of nitrogens with one attached hydrogen (secondary N) is 1. The van der Waals surface area contributed by atoms with Crippen LogP contribution in [0.25, 0.3) is 33.4 Å². The highest BCUT2D eigenvalue weighted by atomic mass is 15.0. The molecule has 2 aliphatic carbocycles. The zero-order chi connectivity index (χ0) is 20.9. The van der Waals surface area contributed by atoms with Crippen LogP contribution in [0.5, 0.6) is 0 Å². The van der Waals surface area contributed by atoms with E-state index < -0.39 is 0 Å². The third kappa shape index (κ3) is 2.70. The molecule has 1 saturated carbocycles. The molecule has 1 aromatic heterocycles. The van der Waals surface area contributed by atoms with Gasteiger partial charge in [-0.15, -0.1) is 0 Å². The minimum atomic E-state index is 0.588. The fourth-order valence-electron chi connectivity index (χ4n) is 6.26. The number of anilines is 1. The van der Waals surface area contributed by atoms with E-state index in [-0.39, 0.29) is 0 Å². The summed E-state index contributed by atoms with van der Waals surface area (Å²) >= 11 is 0. The molecular formula is C29H30N2. The van der Waals surface area contributed by atoms with Crippen LogP contribution in [-0.4, -0.2) is 10.6 Å². The largest absolute Gasteiger partial charge is 0.381 e. The standard InChI is InChI=1S/C29H30N2/c1-3-4-18-25-19(2)26-28-27(23-16-10-11-17-24(23)30-28)21-14-8-9-15-22(21)29(26)31(25)20-12-6-5-7-13-20/h3-6,8-9,12,14-15,18,23-24,30H,1,7,10-11,13,16-17H2,2H3/b18-4-. The summed E-state index contributed by atoms with van der Waals surface area (Å²) in [5.41, 5.74) is 8.38. The first-order valence-electron chi connectivity index (χ1n) is 11.8. The Hall–Kier alpha value is -3.00. The predicted molar refractivity (Wildman–Crippen MR) is 135 cm³/mol. The Labute approximate surface area is 184 Å².